The van der Waals surface area contributed by atoms with Crippen molar-refractivity contribution in [3.05, 3.63) is 0 Å². The molecule has 0 bridgehead atoms. The molecule has 0 amide bonds. The van der Waals surface area contributed by atoms with Gasteiger partial charge in [0, 0.05) is 12.8 Å². The Morgan fingerprint density at radius 3 is 2.73 bits per heavy atom. The first-order valence-electron chi connectivity index (χ1n) is 4.16. The van der Waals surface area contributed by atoms with Crippen molar-refractivity contribution in [2.45, 2.75) is 31.6 Å². The van der Waals surface area contributed by atoms with Gasteiger partial charge in [0.05, 0.1) is 0 Å². The Balaban J connectivity index is 2.20. The SMILES string of the molecule is CNCC[C@H]1CCC(F)(F)C1. The number of rotatable bonds is 3. The molecule has 1 N–H and O–H groups in total. The average molecular weight is 163 g/mol. The average Bonchev–Trinajstić information content (AvgIpc) is 2.26. The number of hydrogen-bond donors (Lipinski definition) is 1. The minimum Gasteiger partial charge on any atom is -0.320 e. The van der Waals surface area contributed by atoms with E-state index in [1.165, 1.54) is 0 Å². The Bertz CT molecular complexity index is 125. The van der Waals surface area contributed by atoms with Crippen LogP contribution in [-0.2, 0) is 0 Å². The van der Waals surface area contributed by atoms with Crippen LogP contribution in [0, 0.1) is 5.92 Å². The second kappa shape index (κ2) is 3.48. The van der Waals surface area contributed by atoms with Crippen LogP contribution >= 0.6 is 0 Å². The lowest BCUT2D eigenvalue weighted by molar-refractivity contribution is 0.00476. The van der Waals surface area contributed by atoms with E-state index in [9.17, 15) is 8.78 Å². The van der Waals surface area contributed by atoms with Gasteiger partial charge in [-0.2, -0.15) is 0 Å². The minimum atomic E-state index is -2.36. The molecule has 1 atom stereocenters. The largest absolute Gasteiger partial charge is 0.320 e. The monoisotopic (exact) mass is 163 g/mol. The highest BCUT2D eigenvalue weighted by Crippen LogP contribution is 2.39. The zero-order valence-electron chi connectivity index (χ0n) is 6.87. The molecule has 1 aliphatic carbocycles. The van der Waals surface area contributed by atoms with Crippen LogP contribution in [-0.4, -0.2) is 19.5 Å². The van der Waals surface area contributed by atoms with Gasteiger partial charge in [-0.15, -0.1) is 0 Å². The van der Waals surface area contributed by atoms with Gasteiger partial charge in [-0.25, -0.2) is 8.78 Å². The summed E-state index contributed by atoms with van der Waals surface area (Å²) in [6.45, 7) is 0.862. The summed E-state index contributed by atoms with van der Waals surface area (Å²) in [5.41, 5.74) is 0. The Morgan fingerprint density at radius 2 is 2.27 bits per heavy atom. The molecular weight excluding hydrogens is 148 g/mol. The molecule has 66 valence electrons. The van der Waals surface area contributed by atoms with Crippen LogP contribution in [0.3, 0.4) is 0 Å². The van der Waals surface area contributed by atoms with Crippen LogP contribution in [0.5, 0.6) is 0 Å². The maximum absolute atomic E-state index is 12.6. The van der Waals surface area contributed by atoms with Gasteiger partial charge in [-0.1, -0.05) is 0 Å². The fraction of sp³-hybridized carbons (Fsp3) is 1.00. The van der Waals surface area contributed by atoms with Crippen molar-refractivity contribution in [1.82, 2.24) is 5.32 Å². The first kappa shape index (κ1) is 8.91. The van der Waals surface area contributed by atoms with E-state index in [4.69, 9.17) is 0 Å². The summed E-state index contributed by atoms with van der Waals surface area (Å²) in [6, 6.07) is 0. The van der Waals surface area contributed by atoms with Gasteiger partial charge in [0.2, 0.25) is 5.92 Å². The predicted octanol–water partition coefficient (Wildman–Crippen LogP) is 2.03. The van der Waals surface area contributed by atoms with Crippen LogP contribution in [0.1, 0.15) is 25.7 Å². The molecule has 0 radical (unpaired) electrons. The summed E-state index contributed by atoms with van der Waals surface area (Å²) >= 11 is 0. The molecule has 0 aromatic carbocycles. The Kier molecular flexibility index (Phi) is 2.82. The van der Waals surface area contributed by atoms with E-state index in [2.05, 4.69) is 5.32 Å². The smallest absolute Gasteiger partial charge is 0.248 e. The third-order valence-corrected chi connectivity index (χ3v) is 2.31. The Hall–Kier alpha value is -0.180. The molecule has 0 unspecified atom stereocenters. The van der Waals surface area contributed by atoms with E-state index in [1.54, 1.807) is 0 Å². The van der Waals surface area contributed by atoms with E-state index in [1.807, 2.05) is 7.05 Å². The van der Waals surface area contributed by atoms with Gasteiger partial charge in [-0.05, 0) is 32.4 Å². The molecule has 11 heavy (non-hydrogen) atoms. The zero-order chi connectivity index (χ0) is 8.32. The standard InChI is InChI=1S/C8H15F2N/c1-11-5-3-7-2-4-8(9,10)6-7/h7,11H,2-6H2,1H3/t7-/m1/s1. The molecule has 1 nitrogen and oxygen atoms in total. The summed E-state index contributed by atoms with van der Waals surface area (Å²) in [5, 5.41) is 2.98. The van der Waals surface area contributed by atoms with Gasteiger partial charge >= 0.3 is 0 Å². The highest BCUT2D eigenvalue weighted by atomic mass is 19.3. The van der Waals surface area contributed by atoms with Crippen LogP contribution in [0.25, 0.3) is 0 Å². The lowest BCUT2D eigenvalue weighted by atomic mass is 10.0. The second-order valence-electron chi connectivity index (χ2n) is 3.36. The first-order valence-corrected chi connectivity index (χ1v) is 4.16. The summed E-state index contributed by atoms with van der Waals surface area (Å²) < 4.78 is 25.2. The molecule has 1 fully saturated rings. The van der Waals surface area contributed by atoms with E-state index < -0.39 is 5.92 Å². The van der Waals surface area contributed by atoms with Crippen LogP contribution < -0.4 is 5.32 Å². The summed E-state index contributed by atoms with van der Waals surface area (Å²) in [7, 11) is 1.85. The maximum atomic E-state index is 12.6. The molecule has 1 aliphatic rings. The number of halogens is 2. The van der Waals surface area contributed by atoms with E-state index in [-0.39, 0.29) is 18.8 Å². The van der Waals surface area contributed by atoms with Crippen molar-refractivity contribution < 1.29 is 8.78 Å². The molecule has 1 saturated carbocycles. The van der Waals surface area contributed by atoms with Crippen molar-refractivity contribution in [3.63, 3.8) is 0 Å². The van der Waals surface area contributed by atoms with Crippen molar-refractivity contribution in [1.29, 1.82) is 0 Å². The van der Waals surface area contributed by atoms with E-state index in [0.29, 0.717) is 6.42 Å². The first-order chi connectivity index (χ1) is 5.14. The second-order valence-corrected chi connectivity index (χ2v) is 3.36. The van der Waals surface area contributed by atoms with Crippen molar-refractivity contribution in [2.24, 2.45) is 5.92 Å². The third-order valence-electron chi connectivity index (χ3n) is 2.31. The molecule has 0 heterocycles. The molecular formula is C8H15F2N. The molecule has 0 aromatic rings. The quantitative estimate of drug-likeness (QED) is 0.671. The molecule has 0 aromatic heterocycles. The molecule has 3 heteroatoms. The number of nitrogens with one attached hydrogen (secondary N) is 1. The molecule has 0 saturated heterocycles. The normalized spacial score (nSPS) is 29.2. The topological polar surface area (TPSA) is 12.0 Å². The van der Waals surface area contributed by atoms with Crippen LogP contribution in [0.15, 0.2) is 0 Å². The fourth-order valence-electron chi connectivity index (χ4n) is 1.64. The Labute approximate surface area is 66.2 Å². The zero-order valence-corrected chi connectivity index (χ0v) is 6.87. The Morgan fingerprint density at radius 1 is 1.55 bits per heavy atom. The highest BCUT2D eigenvalue weighted by molar-refractivity contribution is 4.81. The fourth-order valence-corrected chi connectivity index (χ4v) is 1.64. The number of alkyl halides is 2. The van der Waals surface area contributed by atoms with Gasteiger partial charge in [0.15, 0.2) is 0 Å². The van der Waals surface area contributed by atoms with Crippen molar-refractivity contribution in [3.8, 4) is 0 Å². The predicted molar refractivity (Wildman–Crippen MR) is 40.8 cm³/mol. The maximum Gasteiger partial charge on any atom is 0.248 e. The summed E-state index contributed by atoms with van der Waals surface area (Å²) in [6.07, 6.45) is 1.80. The molecule has 0 spiro atoms. The number of hydrogen-bond acceptors (Lipinski definition) is 1. The van der Waals surface area contributed by atoms with Gasteiger partial charge in [-0.3, -0.25) is 0 Å². The molecule has 1 rings (SSSR count). The van der Waals surface area contributed by atoms with Crippen molar-refractivity contribution >= 4 is 0 Å². The van der Waals surface area contributed by atoms with Gasteiger partial charge < -0.3 is 5.32 Å². The van der Waals surface area contributed by atoms with E-state index >= 15 is 0 Å². The van der Waals surface area contributed by atoms with Gasteiger partial charge in [0.1, 0.15) is 0 Å². The minimum absolute atomic E-state index is 0.0986. The van der Waals surface area contributed by atoms with E-state index in [0.717, 1.165) is 13.0 Å². The molecule has 0 aliphatic heterocycles. The van der Waals surface area contributed by atoms with Crippen LogP contribution in [0.4, 0.5) is 8.78 Å². The van der Waals surface area contributed by atoms with Gasteiger partial charge in [0.25, 0.3) is 0 Å². The third kappa shape index (κ3) is 2.73. The van der Waals surface area contributed by atoms with Crippen molar-refractivity contribution in [2.75, 3.05) is 13.6 Å². The summed E-state index contributed by atoms with van der Waals surface area (Å²) in [5.74, 6) is -2.12. The summed E-state index contributed by atoms with van der Waals surface area (Å²) in [4.78, 5) is 0. The highest BCUT2D eigenvalue weighted by Gasteiger charge is 2.38. The lowest BCUT2D eigenvalue weighted by Crippen LogP contribution is -2.14. The lowest BCUT2D eigenvalue weighted by Gasteiger charge is -2.09. The van der Waals surface area contributed by atoms with Crippen LogP contribution in [0.2, 0.25) is 0 Å².